The monoisotopic (exact) mass is 164 g/mol. The third-order valence-corrected chi connectivity index (χ3v) is 1.62. The predicted molar refractivity (Wildman–Crippen MR) is 46.3 cm³/mol. The lowest BCUT2D eigenvalue weighted by Crippen LogP contribution is -2.18. The fraction of sp³-hybridized carbons (Fsp3) is 0.125. The Hall–Kier alpha value is -1.71. The van der Waals surface area contributed by atoms with Gasteiger partial charge in [0.05, 0.1) is 5.69 Å². The molecule has 0 saturated carbocycles. The van der Waals surface area contributed by atoms with Crippen molar-refractivity contribution in [2.24, 2.45) is 12.0 Å². The molecule has 4 nitrogen and oxygen atoms in total. The number of nitrogens with zero attached hydrogens (tertiary/aromatic N) is 2. The molecule has 0 fully saturated rings. The van der Waals surface area contributed by atoms with Gasteiger partial charge in [-0.05, 0) is 12.8 Å². The smallest absolute Gasteiger partial charge is 0.250 e. The SMILES string of the molecule is C=Nc1ccc(=O)n(C)c1C=O. The van der Waals surface area contributed by atoms with Crippen LogP contribution in [0.1, 0.15) is 10.5 Å². The summed E-state index contributed by atoms with van der Waals surface area (Å²) in [5.74, 6) is 0. The molecule has 0 aliphatic carbocycles. The summed E-state index contributed by atoms with van der Waals surface area (Å²) in [6.07, 6.45) is 0.589. The van der Waals surface area contributed by atoms with E-state index in [1.807, 2.05) is 0 Å². The van der Waals surface area contributed by atoms with Crippen molar-refractivity contribution in [3.8, 4) is 0 Å². The molecule has 0 radical (unpaired) electrons. The molecule has 1 aromatic rings. The van der Waals surface area contributed by atoms with Crippen LogP contribution in [0, 0.1) is 0 Å². The van der Waals surface area contributed by atoms with E-state index in [-0.39, 0.29) is 11.3 Å². The van der Waals surface area contributed by atoms with Crippen molar-refractivity contribution in [2.45, 2.75) is 0 Å². The van der Waals surface area contributed by atoms with Gasteiger partial charge in [0.1, 0.15) is 5.69 Å². The lowest BCUT2D eigenvalue weighted by molar-refractivity contribution is 0.111. The van der Waals surface area contributed by atoms with Crippen molar-refractivity contribution < 1.29 is 4.79 Å². The number of pyridine rings is 1. The van der Waals surface area contributed by atoms with Crippen LogP contribution in [0.3, 0.4) is 0 Å². The lowest BCUT2D eigenvalue weighted by Gasteiger charge is -2.02. The number of carbonyl (C=O) groups excluding carboxylic acids is 1. The van der Waals surface area contributed by atoms with Crippen LogP contribution in [0.15, 0.2) is 21.9 Å². The molecule has 62 valence electrons. The fourth-order valence-electron chi connectivity index (χ4n) is 0.911. The Morgan fingerprint density at radius 3 is 2.75 bits per heavy atom. The molecule has 0 aromatic carbocycles. The largest absolute Gasteiger partial charge is 0.307 e. The van der Waals surface area contributed by atoms with E-state index in [1.165, 1.54) is 23.7 Å². The third-order valence-electron chi connectivity index (χ3n) is 1.62. The van der Waals surface area contributed by atoms with Crippen LogP contribution in [0.4, 0.5) is 5.69 Å². The zero-order valence-corrected chi connectivity index (χ0v) is 6.65. The van der Waals surface area contributed by atoms with Gasteiger partial charge in [-0.3, -0.25) is 14.6 Å². The number of rotatable bonds is 2. The highest BCUT2D eigenvalue weighted by molar-refractivity contribution is 5.80. The first-order valence-corrected chi connectivity index (χ1v) is 3.32. The maximum atomic E-state index is 11.0. The predicted octanol–water partition coefficient (Wildman–Crippen LogP) is 0.530. The minimum atomic E-state index is -0.232. The summed E-state index contributed by atoms with van der Waals surface area (Å²) in [4.78, 5) is 25.1. The highest BCUT2D eigenvalue weighted by atomic mass is 16.1. The molecule has 0 saturated heterocycles. The van der Waals surface area contributed by atoms with Crippen molar-refractivity contribution in [1.29, 1.82) is 0 Å². The Balaban J connectivity index is 3.56. The van der Waals surface area contributed by atoms with Gasteiger partial charge in [0.2, 0.25) is 0 Å². The molecular weight excluding hydrogens is 156 g/mol. The summed E-state index contributed by atoms with van der Waals surface area (Å²) < 4.78 is 1.23. The van der Waals surface area contributed by atoms with Crippen molar-refractivity contribution in [2.75, 3.05) is 0 Å². The van der Waals surface area contributed by atoms with Crippen molar-refractivity contribution in [3.63, 3.8) is 0 Å². The first-order chi connectivity index (χ1) is 5.70. The summed E-state index contributed by atoms with van der Waals surface area (Å²) in [6, 6.07) is 2.82. The Morgan fingerprint density at radius 2 is 2.25 bits per heavy atom. The molecule has 0 spiro atoms. The van der Waals surface area contributed by atoms with E-state index in [1.54, 1.807) is 0 Å². The van der Waals surface area contributed by atoms with Crippen LogP contribution in [0.25, 0.3) is 0 Å². The first kappa shape index (κ1) is 8.39. The van der Waals surface area contributed by atoms with Crippen LogP contribution in [0.5, 0.6) is 0 Å². The molecule has 12 heavy (non-hydrogen) atoms. The number of aldehydes is 1. The molecule has 0 N–H and O–H groups in total. The molecule has 0 amide bonds. The molecule has 0 atom stereocenters. The molecular formula is C8H8N2O2. The van der Waals surface area contributed by atoms with Crippen molar-refractivity contribution in [1.82, 2.24) is 4.57 Å². The summed E-state index contributed by atoms with van der Waals surface area (Å²) in [5.41, 5.74) is 0.439. The topological polar surface area (TPSA) is 51.4 Å². The Morgan fingerprint density at radius 1 is 1.58 bits per heavy atom. The van der Waals surface area contributed by atoms with Gasteiger partial charge in [0, 0.05) is 13.1 Å². The lowest BCUT2D eigenvalue weighted by atomic mass is 10.3. The molecule has 1 aromatic heterocycles. The second-order valence-corrected chi connectivity index (χ2v) is 2.28. The maximum Gasteiger partial charge on any atom is 0.250 e. The average Bonchev–Trinajstić information content (AvgIpc) is 2.09. The molecule has 0 aliphatic heterocycles. The second-order valence-electron chi connectivity index (χ2n) is 2.28. The standard InChI is InChI=1S/C8H8N2O2/c1-9-6-3-4-8(12)10(2)7(6)5-11/h3-5H,1H2,2H3. The van der Waals surface area contributed by atoms with Gasteiger partial charge >= 0.3 is 0 Å². The van der Waals surface area contributed by atoms with E-state index in [0.717, 1.165) is 0 Å². The van der Waals surface area contributed by atoms with Gasteiger partial charge in [-0.25, -0.2) is 0 Å². The highest BCUT2D eigenvalue weighted by Crippen LogP contribution is 2.12. The van der Waals surface area contributed by atoms with Gasteiger partial charge in [0.15, 0.2) is 6.29 Å². The van der Waals surface area contributed by atoms with Gasteiger partial charge < -0.3 is 4.57 Å². The fourth-order valence-corrected chi connectivity index (χ4v) is 0.911. The van der Waals surface area contributed by atoms with E-state index >= 15 is 0 Å². The molecule has 4 heteroatoms. The van der Waals surface area contributed by atoms with Crippen molar-refractivity contribution in [3.05, 3.63) is 28.2 Å². The van der Waals surface area contributed by atoms with Gasteiger partial charge in [-0.2, -0.15) is 0 Å². The van der Waals surface area contributed by atoms with Gasteiger partial charge in [-0.15, -0.1) is 0 Å². The summed E-state index contributed by atoms with van der Waals surface area (Å²) in [5, 5.41) is 0. The molecule has 0 bridgehead atoms. The Labute approximate surface area is 69.2 Å². The molecule has 1 rings (SSSR count). The number of aromatic nitrogens is 1. The van der Waals surface area contributed by atoms with Gasteiger partial charge in [0.25, 0.3) is 5.56 Å². The Bertz CT molecular complexity index is 379. The number of carbonyl (C=O) groups is 1. The first-order valence-electron chi connectivity index (χ1n) is 3.32. The van der Waals surface area contributed by atoms with Gasteiger partial charge in [-0.1, -0.05) is 0 Å². The molecule has 0 aliphatic rings. The number of aliphatic imine (C=N–C) groups is 1. The van der Waals surface area contributed by atoms with Crippen LogP contribution in [0.2, 0.25) is 0 Å². The summed E-state index contributed by atoms with van der Waals surface area (Å²) in [6.45, 7) is 3.29. The van der Waals surface area contributed by atoms with Crippen LogP contribution < -0.4 is 5.56 Å². The van der Waals surface area contributed by atoms with E-state index in [2.05, 4.69) is 11.7 Å². The van der Waals surface area contributed by atoms with E-state index in [0.29, 0.717) is 12.0 Å². The van der Waals surface area contributed by atoms with Crippen molar-refractivity contribution >= 4 is 18.7 Å². The minimum Gasteiger partial charge on any atom is -0.307 e. The highest BCUT2D eigenvalue weighted by Gasteiger charge is 2.03. The average molecular weight is 164 g/mol. The molecule has 1 heterocycles. The minimum absolute atomic E-state index is 0.232. The maximum absolute atomic E-state index is 11.0. The number of hydrogen-bond acceptors (Lipinski definition) is 3. The summed E-state index contributed by atoms with van der Waals surface area (Å²) in [7, 11) is 1.51. The van der Waals surface area contributed by atoms with Crippen LogP contribution in [-0.2, 0) is 7.05 Å². The Kier molecular flexibility index (Phi) is 2.19. The quantitative estimate of drug-likeness (QED) is 0.473. The zero-order valence-electron chi connectivity index (χ0n) is 6.65. The number of hydrogen-bond donors (Lipinski definition) is 0. The van der Waals surface area contributed by atoms with E-state index in [4.69, 9.17) is 0 Å². The van der Waals surface area contributed by atoms with E-state index < -0.39 is 0 Å². The zero-order chi connectivity index (χ0) is 9.14. The summed E-state index contributed by atoms with van der Waals surface area (Å²) >= 11 is 0. The van der Waals surface area contributed by atoms with Crippen LogP contribution in [-0.4, -0.2) is 17.6 Å². The third kappa shape index (κ3) is 1.18. The van der Waals surface area contributed by atoms with Crippen LogP contribution >= 0.6 is 0 Å². The second kappa shape index (κ2) is 3.13. The van der Waals surface area contributed by atoms with E-state index in [9.17, 15) is 9.59 Å². The normalized spacial score (nSPS) is 9.42. The molecule has 0 unspecified atom stereocenters.